The van der Waals surface area contributed by atoms with E-state index < -0.39 is 29.5 Å². The monoisotopic (exact) mass is 531 g/mol. The molecule has 0 saturated carbocycles. The zero-order chi connectivity index (χ0) is 27.0. The molecule has 0 aliphatic carbocycles. The molecule has 1 N–H and O–H groups in total. The van der Waals surface area contributed by atoms with Crippen molar-refractivity contribution in [2.24, 2.45) is 0 Å². The van der Waals surface area contributed by atoms with Crippen LogP contribution in [0.1, 0.15) is 39.4 Å². The number of benzene rings is 3. The molecule has 1 atom stereocenters. The van der Waals surface area contributed by atoms with Gasteiger partial charge in [0.05, 0.1) is 30.9 Å². The third-order valence-corrected chi connectivity index (χ3v) is 6.46. The van der Waals surface area contributed by atoms with Gasteiger partial charge in [-0.25, -0.2) is 4.79 Å². The van der Waals surface area contributed by atoms with Gasteiger partial charge in [0.1, 0.15) is 11.3 Å². The molecular formula is C29H22ClNO7. The van der Waals surface area contributed by atoms with E-state index >= 15 is 0 Å². The van der Waals surface area contributed by atoms with Crippen LogP contribution in [0.2, 0.25) is 5.02 Å². The van der Waals surface area contributed by atoms with Gasteiger partial charge >= 0.3 is 5.97 Å². The Balaban J connectivity index is 1.63. The highest BCUT2D eigenvalue weighted by molar-refractivity contribution is 6.31. The number of nitrogens with zero attached hydrogens (tertiary/aromatic N) is 1. The molecule has 9 heteroatoms. The number of ether oxygens (including phenoxy) is 2. The number of esters is 1. The smallest absolute Gasteiger partial charge is 0.338 e. The molecule has 0 saturated heterocycles. The molecule has 0 radical (unpaired) electrons. The van der Waals surface area contributed by atoms with Crippen LogP contribution in [-0.4, -0.2) is 36.5 Å². The van der Waals surface area contributed by atoms with Crippen LogP contribution < -0.4 is 9.64 Å². The number of aliphatic hydroxyl groups is 1. The van der Waals surface area contributed by atoms with E-state index in [0.29, 0.717) is 33.0 Å². The summed E-state index contributed by atoms with van der Waals surface area (Å²) in [5, 5.41) is 12.1. The first-order chi connectivity index (χ1) is 18.3. The second-order valence-electron chi connectivity index (χ2n) is 8.51. The van der Waals surface area contributed by atoms with Crippen LogP contribution in [0.5, 0.6) is 5.75 Å². The fraction of sp³-hybridized carbons (Fsp3) is 0.138. The number of rotatable bonds is 7. The van der Waals surface area contributed by atoms with Crippen molar-refractivity contribution in [3.05, 3.63) is 106 Å². The van der Waals surface area contributed by atoms with E-state index in [0.717, 1.165) is 0 Å². The molecule has 0 bridgehead atoms. The van der Waals surface area contributed by atoms with E-state index in [1.165, 1.54) is 24.1 Å². The highest BCUT2D eigenvalue weighted by Gasteiger charge is 2.45. The van der Waals surface area contributed by atoms with E-state index in [4.69, 9.17) is 25.5 Å². The lowest BCUT2D eigenvalue weighted by molar-refractivity contribution is -0.117. The maximum absolute atomic E-state index is 13.8. The maximum Gasteiger partial charge on any atom is 0.338 e. The van der Waals surface area contributed by atoms with Gasteiger partial charge in [0, 0.05) is 16.1 Å². The number of methoxy groups -OCH3 is 1. The van der Waals surface area contributed by atoms with Gasteiger partial charge in [0.2, 0.25) is 5.78 Å². The van der Waals surface area contributed by atoms with Gasteiger partial charge in [-0.05, 0) is 67.1 Å². The molecule has 0 spiro atoms. The number of anilines is 1. The van der Waals surface area contributed by atoms with Crippen LogP contribution in [0.3, 0.4) is 0 Å². The third-order valence-electron chi connectivity index (χ3n) is 6.22. The highest BCUT2D eigenvalue weighted by atomic mass is 35.5. The zero-order valence-electron chi connectivity index (χ0n) is 20.4. The van der Waals surface area contributed by atoms with Crippen LogP contribution >= 0.6 is 11.6 Å². The summed E-state index contributed by atoms with van der Waals surface area (Å²) >= 11 is 6.08. The molecule has 0 fully saturated rings. The number of hydrogen-bond donors (Lipinski definition) is 1. The molecule has 5 rings (SSSR count). The van der Waals surface area contributed by atoms with Gasteiger partial charge in [-0.2, -0.15) is 0 Å². The second-order valence-corrected chi connectivity index (χ2v) is 8.94. The molecule has 1 aliphatic heterocycles. The van der Waals surface area contributed by atoms with Crippen molar-refractivity contribution in [3.8, 4) is 5.75 Å². The minimum absolute atomic E-state index is 0.0581. The molecule has 1 aliphatic rings. The molecule has 1 aromatic heterocycles. The third kappa shape index (κ3) is 4.39. The molecule has 1 unspecified atom stereocenters. The SMILES string of the molecule is CCOC(=O)c1cccc(N2C(=O)C(O)=C(C(=O)c3cc4cc(Cl)ccc4o3)C2c2ccc(OC)cc2)c1. The number of furan rings is 1. The van der Waals surface area contributed by atoms with Crippen molar-refractivity contribution in [3.63, 3.8) is 0 Å². The predicted octanol–water partition coefficient (Wildman–Crippen LogP) is 6.05. The van der Waals surface area contributed by atoms with Crippen molar-refractivity contribution in [1.82, 2.24) is 0 Å². The zero-order valence-corrected chi connectivity index (χ0v) is 21.2. The number of hydrogen-bond acceptors (Lipinski definition) is 7. The summed E-state index contributed by atoms with van der Waals surface area (Å²) in [6.07, 6.45) is 0. The fourth-order valence-electron chi connectivity index (χ4n) is 4.46. The Morgan fingerprint density at radius 1 is 1.05 bits per heavy atom. The summed E-state index contributed by atoms with van der Waals surface area (Å²) in [5.41, 5.74) is 1.33. The van der Waals surface area contributed by atoms with Crippen LogP contribution in [0.15, 0.2) is 88.5 Å². The standard InChI is InChI=1S/C29H22ClNO7/c1-3-37-29(35)17-5-4-6-20(14-17)31-25(16-7-10-21(36-2)11-8-16)24(27(33)28(31)34)26(32)23-15-18-13-19(30)9-12-22(18)38-23/h4-15,25,33H,3H2,1-2H3. The largest absolute Gasteiger partial charge is 0.503 e. The molecule has 192 valence electrons. The van der Waals surface area contributed by atoms with Gasteiger partial charge in [-0.3, -0.25) is 14.5 Å². The Bertz CT molecular complexity index is 1600. The van der Waals surface area contributed by atoms with E-state index in [2.05, 4.69) is 0 Å². The van der Waals surface area contributed by atoms with Crippen molar-refractivity contribution in [2.45, 2.75) is 13.0 Å². The molecule has 38 heavy (non-hydrogen) atoms. The summed E-state index contributed by atoms with van der Waals surface area (Å²) in [5.74, 6) is -2.21. The summed E-state index contributed by atoms with van der Waals surface area (Å²) in [4.78, 5) is 40.9. The van der Waals surface area contributed by atoms with Gasteiger partial charge in [0.25, 0.3) is 5.91 Å². The van der Waals surface area contributed by atoms with Gasteiger partial charge < -0.3 is 19.0 Å². The van der Waals surface area contributed by atoms with E-state index in [-0.39, 0.29) is 23.5 Å². The molecule has 1 amide bonds. The fourth-order valence-corrected chi connectivity index (χ4v) is 4.64. The number of carbonyl (C=O) groups excluding carboxylic acids is 3. The van der Waals surface area contributed by atoms with E-state index in [1.807, 2.05) is 0 Å². The summed E-state index contributed by atoms with van der Waals surface area (Å²) < 4.78 is 16.1. The molecule has 2 heterocycles. The number of ketones is 1. The number of aliphatic hydroxyl groups excluding tert-OH is 1. The number of halogens is 1. The van der Waals surface area contributed by atoms with E-state index in [1.54, 1.807) is 67.6 Å². The van der Waals surface area contributed by atoms with Gasteiger partial charge in [-0.15, -0.1) is 0 Å². The topological polar surface area (TPSA) is 106 Å². The lowest BCUT2D eigenvalue weighted by atomic mass is 9.94. The van der Waals surface area contributed by atoms with Gasteiger partial charge in [-0.1, -0.05) is 29.8 Å². The Labute approximate surface area is 222 Å². The van der Waals surface area contributed by atoms with Crippen LogP contribution in [0.4, 0.5) is 5.69 Å². The summed E-state index contributed by atoms with van der Waals surface area (Å²) in [6, 6.07) is 18.4. The second kappa shape index (κ2) is 10.1. The highest BCUT2D eigenvalue weighted by Crippen LogP contribution is 2.43. The number of fused-ring (bicyclic) bond motifs is 1. The average Bonchev–Trinajstić information content (AvgIpc) is 3.46. The molecule has 3 aromatic carbocycles. The minimum Gasteiger partial charge on any atom is -0.503 e. The first-order valence-electron chi connectivity index (χ1n) is 11.7. The number of Topliss-reactive ketones (excluding diaryl/α,β-unsaturated/α-hetero) is 1. The molecule has 4 aromatic rings. The first-order valence-corrected chi connectivity index (χ1v) is 12.1. The Hall–Kier alpha value is -4.56. The van der Waals surface area contributed by atoms with Crippen LogP contribution in [0, 0.1) is 0 Å². The lowest BCUT2D eigenvalue weighted by Gasteiger charge is -2.27. The minimum atomic E-state index is -1.02. The number of carbonyl (C=O) groups is 3. The Morgan fingerprint density at radius 3 is 2.53 bits per heavy atom. The van der Waals surface area contributed by atoms with Crippen molar-refractivity contribution >= 4 is 45.9 Å². The lowest BCUT2D eigenvalue weighted by Crippen LogP contribution is -2.31. The normalized spacial score (nSPS) is 15.3. The molecule has 8 nitrogen and oxygen atoms in total. The van der Waals surface area contributed by atoms with Crippen LogP contribution in [-0.2, 0) is 9.53 Å². The Kier molecular flexibility index (Phi) is 6.65. The van der Waals surface area contributed by atoms with Gasteiger partial charge in [0.15, 0.2) is 11.5 Å². The first kappa shape index (κ1) is 25.1. The Morgan fingerprint density at radius 2 is 1.82 bits per heavy atom. The quantitative estimate of drug-likeness (QED) is 0.228. The van der Waals surface area contributed by atoms with E-state index in [9.17, 15) is 19.5 Å². The van der Waals surface area contributed by atoms with Crippen LogP contribution in [0.25, 0.3) is 11.0 Å². The predicted molar refractivity (Wildman–Crippen MR) is 141 cm³/mol. The summed E-state index contributed by atoms with van der Waals surface area (Å²) in [6.45, 7) is 1.88. The van der Waals surface area contributed by atoms with Crippen molar-refractivity contribution in [2.75, 3.05) is 18.6 Å². The number of amides is 1. The maximum atomic E-state index is 13.8. The summed E-state index contributed by atoms with van der Waals surface area (Å²) in [7, 11) is 1.52. The van der Waals surface area contributed by atoms with Crippen molar-refractivity contribution < 1.29 is 33.4 Å². The van der Waals surface area contributed by atoms with Crippen molar-refractivity contribution in [1.29, 1.82) is 0 Å². The average molecular weight is 532 g/mol. The molecular weight excluding hydrogens is 510 g/mol.